The molecule has 0 aromatic heterocycles. The Morgan fingerprint density at radius 3 is 2.24 bits per heavy atom. The van der Waals surface area contributed by atoms with Crippen LogP contribution in [0.2, 0.25) is 0 Å². The van der Waals surface area contributed by atoms with Gasteiger partial charge in [0.1, 0.15) is 6.61 Å². The first kappa shape index (κ1) is 14.4. The molecule has 0 bridgehead atoms. The Kier molecular flexibility index (Phi) is 7.15. The molecule has 2 aromatic carbocycles. The molecule has 0 spiro atoms. The zero-order valence-corrected chi connectivity index (χ0v) is 14.4. The molecule has 2 aromatic rings. The van der Waals surface area contributed by atoms with E-state index in [0.717, 1.165) is 5.75 Å². The van der Waals surface area contributed by atoms with E-state index in [1.54, 1.807) is 0 Å². The third kappa shape index (κ3) is 5.47. The molecule has 0 heterocycles. The van der Waals surface area contributed by atoms with E-state index >= 15 is 0 Å². The van der Waals surface area contributed by atoms with E-state index in [1.165, 1.54) is 27.5 Å². The van der Waals surface area contributed by atoms with Gasteiger partial charge in [-0.15, -0.1) is 12.1 Å². The molecule has 0 aliphatic carbocycles. The molecule has 0 saturated carbocycles. The van der Waals surface area contributed by atoms with Crippen LogP contribution < -0.4 is 4.74 Å². The van der Waals surface area contributed by atoms with Crippen LogP contribution in [0, 0.1) is 13.0 Å². The summed E-state index contributed by atoms with van der Waals surface area (Å²) in [6.45, 7) is 2.70. The summed E-state index contributed by atoms with van der Waals surface area (Å²) < 4.78 is 5.61. The molecule has 3 heteroatoms. The van der Waals surface area contributed by atoms with Gasteiger partial charge in [0, 0.05) is 5.75 Å². The zero-order valence-electron chi connectivity index (χ0n) is 9.82. The Labute approximate surface area is 119 Å². The molecule has 0 amide bonds. The van der Waals surface area contributed by atoms with Crippen molar-refractivity contribution in [1.82, 2.24) is 0 Å². The van der Waals surface area contributed by atoms with Gasteiger partial charge in [-0.25, -0.2) is 0 Å². The second kappa shape index (κ2) is 8.44. The van der Waals surface area contributed by atoms with Crippen molar-refractivity contribution in [3.63, 3.8) is 0 Å². The van der Waals surface area contributed by atoms with Gasteiger partial charge in [-0.2, -0.15) is 18.2 Å². The first-order valence-electron chi connectivity index (χ1n) is 5.26. The predicted molar refractivity (Wildman–Crippen MR) is 69.7 cm³/mol. The molecule has 17 heavy (non-hydrogen) atoms. The van der Waals surface area contributed by atoms with Crippen molar-refractivity contribution in [3.05, 3.63) is 65.7 Å². The zero-order chi connectivity index (χ0) is 12.5. The monoisotopic (exact) mass is 340 g/mol. The molecular weight excluding hydrogens is 329 g/mol. The Balaban J connectivity index is 0.000000686. The van der Waals surface area contributed by atoms with Gasteiger partial charge in [-0.05, 0) is 12.5 Å². The number of hydrogen-bond acceptors (Lipinski definition) is 1. The number of aryl methyl sites for hydroxylation is 1. The molecular formula is C14H13BrOZn. The Morgan fingerprint density at radius 1 is 1.06 bits per heavy atom. The number of hydrogen-bond donors (Lipinski definition) is 0. The van der Waals surface area contributed by atoms with E-state index in [2.05, 4.69) is 50.9 Å². The quantitative estimate of drug-likeness (QED) is 0.599. The average molecular weight is 343 g/mol. The van der Waals surface area contributed by atoms with Crippen LogP contribution >= 0.6 is 13.6 Å². The van der Waals surface area contributed by atoms with Gasteiger partial charge in [0.15, 0.2) is 0 Å². The average Bonchev–Trinajstić information content (AvgIpc) is 2.42. The molecule has 0 atom stereocenters. The van der Waals surface area contributed by atoms with Crippen LogP contribution in [0.15, 0.2) is 48.5 Å². The fourth-order valence-electron chi connectivity index (χ4n) is 1.32. The van der Waals surface area contributed by atoms with Crippen LogP contribution in [0.25, 0.3) is 0 Å². The fourth-order valence-corrected chi connectivity index (χ4v) is 1.32. The molecule has 2 rings (SSSR count). The van der Waals surface area contributed by atoms with Gasteiger partial charge in [0.05, 0.1) is 0 Å². The summed E-state index contributed by atoms with van der Waals surface area (Å²) in [7, 11) is 0. The van der Waals surface area contributed by atoms with E-state index in [4.69, 9.17) is 4.74 Å². The Bertz CT molecular complexity index is 414. The third-order valence-corrected chi connectivity index (χ3v) is 2.21. The van der Waals surface area contributed by atoms with Crippen LogP contribution in [0.3, 0.4) is 0 Å². The summed E-state index contributed by atoms with van der Waals surface area (Å²) in [6.07, 6.45) is 0. The summed E-state index contributed by atoms with van der Waals surface area (Å²) in [5.41, 5.74) is 2.46. The summed E-state index contributed by atoms with van der Waals surface area (Å²) in [6, 6.07) is 18.8. The molecule has 0 radical (unpaired) electrons. The first-order chi connectivity index (χ1) is 8.34. The van der Waals surface area contributed by atoms with Gasteiger partial charge in [-0.3, -0.25) is 0 Å². The van der Waals surface area contributed by atoms with Crippen LogP contribution in [0.4, 0.5) is 0 Å². The summed E-state index contributed by atoms with van der Waals surface area (Å²) in [5.74, 6) is 0.884. The van der Waals surface area contributed by atoms with Gasteiger partial charge in [0.25, 0.3) is 0 Å². The van der Waals surface area contributed by atoms with Gasteiger partial charge in [0.2, 0.25) is 0 Å². The number of benzene rings is 2. The fraction of sp³-hybridized carbons (Fsp3) is 0.143. The number of ether oxygens (including phenoxy) is 1. The van der Waals surface area contributed by atoms with Crippen molar-refractivity contribution in [3.8, 4) is 5.75 Å². The van der Waals surface area contributed by atoms with Crippen LogP contribution in [-0.4, -0.2) is 0 Å². The van der Waals surface area contributed by atoms with Crippen molar-refractivity contribution >= 4 is 13.6 Å². The first-order valence-corrected chi connectivity index (χ1v) is 12.2. The van der Waals surface area contributed by atoms with Crippen LogP contribution in [0.1, 0.15) is 11.1 Å². The summed E-state index contributed by atoms with van der Waals surface area (Å²) >= 11 is 4.25. The Hall–Kier alpha value is -0.657. The molecule has 0 unspecified atom stereocenters. The SMILES string of the molecule is Cc1ccc(COc2cc[c-]cc2)cc1.[Zn+][Br]. The second-order valence-corrected chi connectivity index (χ2v) is 3.51. The van der Waals surface area contributed by atoms with Crippen molar-refractivity contribution in [2.24, 2.45) is 0 Å². The van der Waals surface area contributed by atoms with Gasteiger partial charge in [-0.1, -0.05) is 29.8 Å². The second-order valence-electron chi connectivity index (χ2n) is 3.51. The normalized spacial score (nSPS) is 9.18. The molecule has 0 aliphatic heterocycles. The maximum atomic E-state index is 5.61. The molecule has 0 fully saturated rings. The molecule has 0 saturated heterocycles. The van der Waals surface area contributed by atoms with Crippen molar-refractivity contribution < 1.29 is 21.1 Å². The Morgan fingerprint density at radius 2 is 1.65 bits per heavy atom. The van der Waals surface area contributed by atoms with Crippen LogP contribution in [-0.2, 0) is 22.9 Å². The summed E-state index contributed by atoms with van der Waals surface area (Å²) in [5, 5.41) is 0. The predicted octanol–water partition coefficient (Wildman–Crippen LogP) is 4.22. The molecule has 1 nitrogen and oxygen atoms in total. The minimum atomic E-state index is 0.615. The molecule has 0 aliphatic rings. The number of rotatable bonds is 3. The topological polar surface area (TPSA) is 9.23 Å². The van der Waals surface area contributed by atoms with Gasteiger partial charge >= 0.3 is 30.0 Å². The van der Waals surface area contributed by atoms with Crippen molar-refractivity contribution in [2.75, 3.05) is 0 Å². The van der Waals surface area contributed by atoms with Gasteiger partial charge < -0.3 is 4.74 Å². The van der Waals surface area contributed by atoms with E-state index in [9.17, 15) is 0 Å². The minimum absolute atomic E-state index is 0.615. The number of halogens is 1. The van der Waals surface area contributed by atoms with E-state index < -0.39 is 0 Å². The third-order valence-electron chi connectivity index (χ3n) is 2.21. The van der Waals surface area contributed by atoms with Crippen molar-refractivity contribution in [2.45, 2.75) is 13.5 Å². The molecule has 84 valence electrons. The van der Waals surface area contributed by atoms with Crippen molar-refractivity contribution in [1.29, 1.82) is 0 Å². The standard InChI is InChI=1S/C14H13O.BrH.Zn/c1-12-7-9-13(10-8-12)11-15-14-5-3-2-4-6-14;;/h3-10H,11H2,1H3;1H;/q-1;;+2/p-1. The summed E-state index contributed by atoms with van der Waals surface area (Å²) in [4.78, 5) is 0. The van der Waals surface area contributed by atoms with Crippen LogP contribution in [0.5, 0.6) is 5.75 Å². The van der Waals surface area contributed by atoms with E-state index in [-0.39, 0.29) is 0 Å². The molecule has 0 N–H and O–H groups in total. The van der Waals surface area contributed by atoms with E-state index in [1.807, 2.05) is 24.3 Å². The maximum absolute atomic E-state index is 5.61. The van der Waals surface area contributed by atoms with E-state index in [0.29, 0.717) is 6.61 Å².